The number of para-hydroxylation sites is 1. The average Bonchev–Trinajstić information content (AvgIpc) is 3.24. The van der Waals surface area contributed by atoms with E-state index in [2.05, 4.69) is 5.10 Å². The van der Waals surface area contributed by atoms with Gasteiger partial charge in [0.2, 0.25) is 0 Å². The van der Waals surface area contributed by atoms with Crippen LogP contribution < -0.4 is 0 Å². The number of carbonyl (C=O) groups is 1. The Balaban J connectivity index is 1.81. The Kier molecular flexibility index (Phi) is 5.76. The number of hydrazone groups is 1. The molecule has 166 valence electrons. The highest BCUT2D eigenvalue weighted by Crippen LogP contribution is 2.38. The Morgan fingerprint density at radius 3 is 2.18 bits per heavy atom. The van der Waals surface area contributed by atoms with E-state index >= 15 is 0 Å². The molecule has 3 aromatic rings. The Morgan fingerprint density at radius 1 is 1.00 bits per heavy atom. The summed E-state index contributed by atoms with van der Waals surface area (Å²) in [5.41, 5.74) is 0.185. The van der Waals surface area contributed by atoms with Gasteiger partial charge in [-0.3, -0.25) is 25.0 Å². The minimum absolute atomic E-state index is 0.0575. The Bertz CT molecular complexity index is 1280. The summed E-state index contributed by atoms with van der Waals surface area (Å²) < 4.78 is 0. The normalized spacial score (nSPS) is 15.2. The topological polar surface area (TPSA) is 139 Å². The number of phenols is 1. The fourth-order valence-electron chi connectivity index (χ4n) is 3.59. The number of hydrogen-bond donors (Lipinski definition) is 1. The van der Waals surface area contributed by atoms with Gasteiger partial charge in [0.1, 0.15) is 5.75 Å². The molecule has 0 radical (unpaired) electrons. The number of aromatic hydroxyl groups is 1. The van der Waals surface area contributed by atoms with Gasteiger partial charge in [-0.05, 0) is 23.8 Å². The first-order chi connectivity index (χ1) is 15.7. The van der Waals surface area contributed by atoms with E-state index in [1.54, 1.807) is 42.5 Å². The number of non-ortho nitro benzene ring substituents is 2. The largest absolute Gasteiger partial charge is 0.508 e. The second-order valence-corrected chi connectivity index (χ2v) is 7.67. The minimum Gasteiger partial charge on any atom is -0.508 e. The zero-order valence-electron chi connectivity index (χ0n) is 16.8. The first-order valence-electron chi connectivity index (χ1n) is 9.63. The molecule has 0 aromatic heterocycles. The molecule has 33 heavy (non-hydrogen) atoms. The molecule has 1 heterocycles. The first-order valence-corrected chi connectivity index (χ1v) is 10.0. The number of nitro groups is 2. The van der Waals surface area contributed by atoms with Crippen molar-refractivity contribution in [3.63, 3.8) is 0 Å². The summed E-state index contributed by atoms with van der Waals surface area (Å²) in [5.74, 6) is -0.836. The predicted molar refractivity (Wildman–Crippen MR) is 119 cm³/mol. The van der Waals surface area contributed by atoms with Gasteiger partial charge in [0, 0.05) is 29.1 Å². The maximum atomic E-state index is 13.4. The van der Waals surface area contributed by atoms with Gasteiger partial charge in [0.05, 0.1) is 33.2 Å². The van der Waals surface area contributed by atoms with Gasteiger partial charge in [-0.1, -0.05) is 41.9 Å². The zero-order chi connectivity index (χ0) is 23.7. The average molecular weight is 467 g/mol. The van der Waals surface area contributed by atoms with E-state index in [0.29, 0.717) is 21.9 Å². The fourth-order valence-corrected chi connectivity index (χ4v) is 3.71. The van der Waals surface area contributed by atoms with Gasteiger partial charge in [-0.15, -0.1) is 0 Å². The Labute approximate surface area is 191 Å². The highest BCUT2D eigenvalue weighted by molar-refractivity contribution is 6.30. The van der Waals surface area contributed by atoms with Crippen LogP contribution in [0.4, 0.5) is 11.4 Å². The summed E-state index contributed by atoms with van der Waals surface area (Å²) >= 11 is 5.96. The van der Waals surface area contributed by atoms with Crippen molar-refractivity contribution in [1.29, 1.82) is 0 Å². The van der Waals surface area contributed by atoms with Gasteiger partial charge in [-0.25, -0.2) is 5.01 Å². The van der Waals surface area contributed by atoms with Crippen molar-refractivity contribution in [2.24, 2.45) is 5.10 Å². The second-order valence-electron chi connectivity index (χ2n) is 7.23. The molecule has 0 saturated carbocycles. The van der Waals surface area contributed by atoms with E-state index < -0.39 is 33.2 Å². The number of benzene rings is 3. The van der Waals surface area contributed by atoms with Crippen LogP contribution in [0.5, 0.6) is 5.75 Å². The van der Waals surface area contributed by atoms with Gasteiger partial charge in [0.15, 0.2) is 0 Å². The van der Waals surface area contributed by atoms with E-state index in [-0.39, 0.29) is 17.7 Å². The maximum absolute atomic E-state index is 13.4. The summed E-state index contributed by atoms with van der Waals surface area (Å²) in [5, 5.41) is 38.9. The SMILES string of the molecule is O=C(c1cc([N+](=O)[O-])cc([N+](=O)[O-])c1)N1N=C(c2ccc(Cl)cc2)CC1c1ccccc1O. The summed E-state index contributed by atoms with van der Waals surface area (Å²) in [6, 6.07) is 15.2. The van der Waals surface area contributed by atoms with Crippen molar-refractivity contribution < 1.29 is 19.7 Å². The number of phenolic OH excluding ortho intramolecular Hbond substituents is 1. The number of amides is 1. The van der Waals surface area contributed by atoms with Crippen LogP contribution in [0.15, 0.2) is 71.8 Å². The molecule has 11 heteroatoms. The van der Waals surface area contributed by atoms with Crippen molar-refractivity contribution in [2.45, 2.75) is 12.5 Å². The van der Waals surface area contributed by atoms with Crippen LogP contribution in [-0.4, -0.2) is 31.6 Å². The van der Waals surface area contributed by atoms with Crippen LogP contribution >= 0.6 is 11.6 Å². The second kappa shape index (κ2) is 8.67. The van der Waals surface area contributed by atoms with Crippen LogP contribution in [0.25, 0.3) is 0 Å². The fraction of sp³-hybridized carbons (Fsp3) is 0.0909. The maximum Gasteiger partial charge on any atom is 0.277 e. The Morgan fingerprint density at radius 2 is 1.61 bits per heavy atom. The van der Waals surface area contributed by atoms with Gasteiger partial charge in [0.25, 0.3) is 17.3 Å². The molecule has 1 amide bonds. The molecule has 1 unspecified atom stereocenters. The minimum atomic E-state index is -0.809. The van der Waals surface area contributed by atoms with Crippen molar-refractivity contribution in [3.05, 3.63) is 109 Å². The summed E-state index contributed by atoms with van der Waals surface area (Å²) in [7, 11) is 0. The summed E-state index contributed by atoms with van der Waals surface area (Å²) in [4.78, 5) is 34.3. The monoisotopic (exact) mass is 466 g/mol. The zero-order valence-corrected chi connectivity index (χ0v) is 17.5. The van der Waals surface area contributed by atoms with Crippen LogP contribution in [0.2, 0.25) is 5.02 Å². The summed E-state index contributed by atoms with van der Waals surface area (Å²) in [6.07, 6.45) is 0.238. The molecule has 0 saturated heterocycles. The molecule has 3 aromatic carbocycles. The van der Waals surface area contributed by atoms with Gasteiger partial charge >= 0.3 is 0 Å². The van der Waals surface area contributed by atoms with E-state index in [4.69, 9.17) is 11.6 Å². The molecule has 0 fully saturated rings. The van der Waals surface area contributed by atoms with Crippen LogP contribution in [0.1, 0.15) is 33.9 Å². The highest BCUT2D eigenvalue weighted by Gasteiger charge is 2.36. The van der Waals surface area contributed by atoms with Gasteiger partial charge in [-0.2, -0.15) is 5.10 Å². The number of hydrogen-bond acceptors (Lipinski definition) is 7. The van der Waals surface area contributed by atoms with E-state index in [0.717, 1.165) is 23.2 Å². The van der Waals surface area contributed by atoms with Crippen molar-refractivity contribution in [2.75, 3.05) is 0 Å². The molecule has 0 bridgehead atoms. The van der Waals surface area contributed by atoms with Crippen LogP contribution in [0, 0.1) is 20.2 Å². The number of nitrogens with zero attached hydrogens (tertiary/aromatic N) is 4. The van der Waals surface area contributed by atoms with Crippen LogP contribution in [-0.2, 0) is 0 Å². The van der Waals surface area contributed by atoms with E-state index in [1.807, 2.05) is 0 Å². The lowest BCUT2D eigenvalue weighted by Crippen LogP contribution is -2.27. The standard InChI is InChI=1S/C22H15ClN4O6/c23-15-7-5-13(6-8-15)19-12-20(18-3-1-2-4-21(18)28)25(24-19)22(29)14-9-16(26(30)31)11-17(10-14)27(32)33/h1-11,20,28H,12H2. The van der Waals surface area contributed by atoms with E-state index in [1.165, 1.54) is 6.07 Å². The molecular weight excluding hydrogens is 452 g/mol. The predicted octanol–water partition coefficient (Wildman–Crippen LogP) is 4.85. The lowest BCUT2D eigenvalue weighted by atomic mass is 9.97. The molecule has 4 rings (SSSR count). The molecule has 1 aliphatic heterocycles. The highest BCUT2D eigenvalue weighted by atomic mass is 35.5. The number of rotatable bonds is 5. The third-order valence-corrected chi connectivity index (χ3v) is 5.41. The third kappa shape index (κ3) is 4.37. The smallest absolute Gasteiger partial charge is 0.277 e. The Hall–Kier alpha value is -4.31. The molecule has 0 aliphatic carbocycles. The molecule has 10 nitrogen and oxygen atoms in total. The molecule has 1 atom stereocenters. The van der Waals surface area contributed by atoms with Crippen molar-refractivity contribution in [3.8, 4) is 5.75 Å². The van der Waals surface area contributed by atoms with Crippen LogP contribution in [0.3, 0.4) is 0 Å². The third-order valence-electron chi connectivity index (χ3n) is 5.16. The molecule has 1 aliphatic rings. The lowest BCUT2D eigenvalue weighted by molar-refractivity contribution is -0.394. The van der Waals surface area contributed by atoms with Crippen molar-refractivity contribution in [1.82, 2.24) is 5.01 Å². The first kappa shape index (κ1) is 21.9. The molecule has 0 spiro atoms. The van der Waals surface area contributed by atoms with Gasteiger partial charge < -0.3 is 5.11 Å². The molecular formula is C22H15ClN4O6. The lowest BCUT2D eigenvalue weighted by Gasteiger charge is -2.22. The quantitative estimate of drug-likeness (QED) is 0.421. The molecule has 1 N–H and O–H groups in total. The number of nitro benzene ring substituents is 2. The van der Waals surface area contributed by atoms with E-state index in [9.17, 15) is 30.1 Å². The number of halogens is 1. The van der Waals surface area contributed by atoms with Crippen molar-refractivity contribution >= 4 is 34.6 Å². The summed E-state index contributed by atoms with van der Waals surface area (Å²) in [6.45, 7) is 0. The number of carbonyl (C=O) groups excluding carboxylic acids is 1.